The zero-order valence-electron chi connectivity index (χ0n) is 22.0. The van der Waals surface area contributed by atoms with Gasteiger partial charge in [0.05, 0.1) is 0 Å². The number of rotatable bonds is 0. The number of hydrogen-bond donors (Lipinski definition) is 0. The molecule has 0 aromatic heterocycles. The standard InChI is InChI=1S/C10H15.3C3H6O.2F6P.Ir/c1-6-7(2)9(4)10(5)8(6)3;3*1-3(2)4;2*1-7(2,3,4,5)6;/h1-5H3;3*1-2H3;;;/q;;;;2*-1;. The van der Waals surface area contributed by atoms with Gasteiger partial charge in [0.25, 0.3) is 0 Å². The average Bonchev–Trinajstić information content (AvgIpc) is 2.57. The first-order valence-electron chi connectivity index (χ1n) is 9.39. The van der Waals surface area contributed by atoms with Crippen molar-refractivity contribution in [3.05, 3.63) is 28.2 Å². The Morgan fingerprint density at radius 1 is 0.405 bits per heavy atom. The molecule has 18 heteroatoms. The van der Waals surface area contributed by atoms with Gasteiger partial charge in [0.1, 0.15) is 17.3 Å². The van der Waals surface area contributed by atoms with Gasteiger partial charge in [-0.15, -0.1) is 0 Å². The van der Waals surface area contributed by atoms with Gasteiger partial charge in [-0.1, -0.05) is 18.1 Å². The minimum Gasteiger partial charge on any atom is 0 e. The van der Waals surface area contributed by atoms with Gasteiger partial charge in [-0.25, -0.2) is 0 Å². The van der Waals surface area contributed by atoms with Crippen LogP contribution in [0, 0.1) is 5.92 Å². The van der Waals surface area contributed by atoms with Crippen molar-refractivity contribution in [2.45, 2.75) is 76.2 Å². The van der Waals surface area contributed by atoms with Crippen molar-refractivity contribution in [1.82, 2.24) is 0 Å². The van der Waals surface area contributed by atoms with Gasteiger partial charge in [-0.2, -0.15) is 0 Å². The number of Topliss-reactive ketones (excluding diaryl/α,β-unsaturated/α-hetero) is 3. The van der Waals surface area contributed by atoms with Gasteiger partial charge in [0.15, 0.2) is 0 Å². The molecular formula is C19H33F12IrO3P2-2. The van der Waals surface area contributed by atoms with Crippen LogP contribution < -0.4 is 0 Å². The van der Waals surface area contributed by atoms with Crippen LogP contribution in [0.3, 0.4) is 0 Å². The van der Waals surface area contributed by atoms with Gasteiger partial charge < -0.3 is 14.4 Å². The third-order valence-corrected chi connectivity index (χ3v) is 2.81. The van der Waals surface area contributed by atoms with Crippen molar-refractivity contribution in [2.75, 3.05) is 0 Å². The first-order valence-corrected chi connectivity index (χ1v) is 13.4. The molecule has 0 bridgehead atoms. The van der Waals surface area contributed by atoms with Crippen molar-refractivity contribution >= 4 is 33.0 Å². The SMILES string of the molecule is CC(C)=O.CC(C)=O.CC(C)=O.C[C]1C(C)=C(C)C(C)=C1C.F[P-](F)(F)(F)(F)F.F[P-](F)(F)(F)(F)F.[Ir]. The van der Waals surface area contributed by atoms with E-state index in [0.29, 0.717) is 0 Å². The molecule has 3 nitrogen and oxygen atoms in total. The van der Waals surface area contributed by atoms with E-state index in [2.05, 4.69) is 34.6 Å². The molecule has 0 amide bonds. The summed E-state index contributed by atoms with van der Waals surface area (Å²) in [6.45, 7) is 20.2. The van der Waals surface area contributed by atoms with Gasteiger partial charge in [0, 0.05) is 26.0 Å². The van der Waals surface area contributed by atoms with Gasteiger partial charge >= 0.3 is 66.0 Å². The molecule has 0 N–H and O–H groups in total. The van der Waals surface area contributed by atoms with E-state index >= 15 is 0 Å². The Bertz CT molecular complexity index is 726. The number of halogens is 12. The molecule has 37 heavy (non-hydrogen) atoms. The zero-order chi connectivity index (χ0) is 31.4. The van der Waals surface area contributed by atoms with E-state index in [9.17, 15) is 64.7 Å². The zero-order valence-corrected chi connectivity index (χ0v) is 26.2. The number of allylic oxidation sites excluding steroid dienone is 4. The smallest absolute Gasteiger partial charge is 0 e. The van der Waals surface area contributed by atoms with Crippen molar-refractivity contribution in [1.29, 1.82) is 0 Å². The van der Waals surface area contributed by atoms with Crippen LogP contribution in [0.4, 0.5) is 50.4 Å². The molecule has 0 aliphatic heterocycles. The van der Waals surface area contributed by atoms with Crippen LogP contribution in [-0.4, -0.2) is 17.3 Å². The number of ketones is 3. The van der Waals surface area contributed by atoms with Crippen molar-refractivity contribution in [3.63, 3.8) is 0 Å². The largest absolute Gasteiger partial charge is 0 e. The quantitative estimate of drug-likeness (QED) is 0.181. The molecule has 0 atom stereocenters. The molecule has 2 radical (unpaired) electrons. The van der Waals surface area contributed by atoms with Crippen LogP contribution in [0.2, 0.25) is 0 Å². The molecule has 232 valence electrons. The molecule has 0 unspecified atom stereocenters. The maximum atomic E-state index is 9.87. The second-order valence-corrected chi connectivity index (χ2v) is 11.6. The molecule has 0 fully saturated rings. The summed E-state index contributed by atoms with van der Waals surface area (Å²) in [4.78, 5) is 28.3. The van der Waals surface area contributed by atoms with Crippen LogP contribution in [-0.2, 0) is 34.5 Å². The molecule has 1 aliphatic carbocycles. The third-order valence-electron chi connectivity index (χ3n) is 2.81. The number of carbonyl (C=O) groups excluding carboxylic acids is 3. The van der Waals surface area contributed by atoms with E-state index in [4.69, 9.17) is 0 Å². The normalized spacial score (nSPS) is 16.6. The summed E-state index contributed by atoms with van der Waals surface area (Å²) in [6, 6.07) is 0. The predicted octanol–water partition coefficient (Wildman–Crippen LogP) is 11.8. The summed E-state index contributed by atoms with van der Waals surface area (Å²) < 4.78 is 118. The second kappa shape index (κ2) is 14.5. The maximum Gasteiger partial charge on any atom is 0 e. The molecule has 0 heterocycles. The van der Waals surface area contributed by atoms with Crippen LogP contribution in [0.5, 0.6) is 0 Å². The fourth-order valence-electron chi connectivity index (χ4n) is 1.41. The molecule has 0 aromatic carbocycles. The summed E-state index contributed by atoms with van der Waals surface area (Å²) in [5.74, 6) is 1.97. The Balaban J connectivity index is -0.0000000808. The minimum absolute atomic E-state index is 0. The summed E-state index contributed by atoms with van der Waals surface area (Å²) in [5, 5.41) is 0. The van der Waals surface area contributed by atoms with E-state index in [1.807, 2.05) is 0 Å². The van der Waals surface area contributed by atoms with Crippen molar-refractivity contribution in [2.24, 2.45) is 0 Å². The van der Waals surface area contributed by atoms with Crippen LogP contribution in [0.15, 0.2) is 22.3 Å². The Morgan fingerprint density at radius 3 is 0.514 bits per heavy atom. The summed E-state index contributed by atoms with van der Waals surface area (Å²) in [5.41, 5.74) is 5.87. The topological polar surface area (TPSA) is 51.2 Å². The van der Waals surface area contributed by atoms with Crippen molar-refractivity contribution in [3.8, 4) is 0 Å². The minimum atomic E-state index is -10.7. The number of hydrogen-bond acceptors (Lipinski definition) is 3. The Labute approximate surface area is 222 Å². The molecular weight excluding hydrogens is 758 g/mol. The van der Waals surface area contributed by atoms with E-state index in [-0.39, 0.29) is 37.5 Å². The molecule has 1 aliphatic rings. The number of carbonyl (C=O) groups is 3. The van der Waals surface area contributed by atoms with Gasteiger partial charge in [-0.05, 0) is 80.4 Å². The Kier molecular flexibility index (Phi) is 19.3. The van der Waals surface area contributed by atoms with Crippen LogP contribution in [0.1, 0.15) is 76.2 Å². The van der Waals surface area contributed by atoms with E-state index in [1.54, 1.807) is 0 Å². The van der Waals surface area contributed by atoms with E-state index < -0.39 is 15.6 Å². The summed E-state index contributed by atoms with van der Waals surface area (Å²) >= 11 is 0. The molecule has 0 saturated heterocycles. The molecule has 0 aromatic rings. The molecule has 0 saturated carbocycles. The maximum absolute atomic E-state index is 10.7. The first-order chi connectivity index (χ1) is 14.6. The Morgan fingerprint density at radius 2 is 0.486 bits per heavy atom. The van der Waals surface area contributed by atoms with Crippen LogP contribution in [0.25, 0.3) is 0 Å². The van der Waals surface area contributed by atoms with E-state index in [0.717, 1.165) is 0 Å². The average molecular weight is 792 g/mol. The van der Waals surface area contributed by atoms with E-state index in [1.165, 1.54) is 69.8 Å². The fraction of sp³-hybridized carbons (Fsp3) is 0.579. The summed E-state index contributed by atoms with van der Waals surface area (Å²) in [6.07, 6.45) is 0. The summed E-state index contributed by atoms with van der Waals surface area (Å²) in [7, 11) is -21.3. The van der Waals surface area contributed by atoms with Crippen LogP contribution >= 0.6 is 15.6 Å². The van der Waals surface area contributed by atoms with Gasteiger partial charge in [0.2, 0.25) is 0 Å². The first kappa shape index (κ1) is 49.1. The molecule has 1 rings (SSSR count). The van der Waals surface area contributed by atoms with Gasteiger partial charge in [-0.3, -0.25) is 0 Å². The fourth-order valence-corrected chi connectivity index (χ4v) is 1.41. The predicted molar refractivity (Wildman–Crippen MR) is 122 cm³/mol. The monoisotopic (exact) mass is 792 g/mol. The van der Waals surface area contributed by atoms with Crippen molar-refractivity contribution < 1.29 is 84.9 Å². The molecule has 0 spiro atoms. The Hall–Kier alpha value is -0.841. The second-order valence-electron chi connectivity index (χ2n) is 7.77. The third kappa shape index (κ3) is 105.